The van der Waals surface area contributed by atoms with E-state index in [1.54, 1.807) is 0 Å². The number of primary amides is 1. The average molecular weight is 320 g/mol. The van der Waals surface area contributed by atoms with Gasteiger partial charge in [-0.15, -0.1) is 0 Å². The van der Waals surface area contributed by atoms with E-state index in [-0.39, 0.29) is 11.4 Å². The smallest absolute Gasteiger partial charge is 0.246 e. The molecule has 0 spiro atoms. The molecule has 1 aliphatic heterocycles. The summed E-state index contributed by atoms with van der Waals surface area (Å²) in [6, 6.07) is 9.25. The van der Waals surface area contributed by atoms with Crippen molar-refractivity contribution in [3.05, 3.63) is 42.7 Å². The molecular formula is C14H16N4O3S. The van der Waals surface area contributed by atoms with Crippen molar-refractivity contribution in [2.24, 2.45) is 11.7 Å². The van der Waals surface area contributed by atoms with E-state index in [1.165, 1.54) is 21.4 Å². The summed E-state index contributed by atoms with van der Waals surface area (Å²) in [4.78, 5) is 11.3. The van der Waals surface area contributed by atoms with Gasteiger partial charge in [0.2, 0.25) is 15.9 Å². The molecule has 1 aliphatic rings. The summed E-state index contributed by atoms with van der Waals surface area (Å²) < 4.78 is 27.9. The molecular weight excluding hydrogens is 304 g/mol. The average Bonchev–Trinajstić information content (AvgIpc) is 3.18. The zero-order valence-corrected chi connectivity index (χ0v) is 12.6. The van der Waals surface area contributed by atoms with Gasteiger partial charge in [0.15, 0.2) is 0 Å². The van der Waals surface area contributed by atoms with Gasteiger partial charge in [0.25, 0.3) is 0 Å². The number of aromatic nitrogens is 2. The molecule has 0 saturated carbocycles. The number of hydrogen-bond acceptors (Lipinski definition) is 4. The lowest BCUT2D eigenvalue weighted by Gasteiger charge is -2.14. The fraction of sp³-hybridized carbons (Fsp3) is 0.286. The lowest BCUT2D eigenvalue weighted by Crippen LogP contribution is -2.31. The van der Waals surface area contributed by atoms with E-state index in [4.69, 9.17) is 5.73 Å². The number of amides is 1. The van der Waals surface area contributed by atoms with Crippen LogP contribution in [0.3, 0.4) is 0 Å². The van der Waals surface area contributed by atoms with Crippen LogP contribution in [0, 0.1) is 5.92 Å². The number of nitrogens with two attached hydrogens (primary N) is 1. The highest BCUT2D eigenvalue weighted by Gasteiger charge is 2.35. The van der Waals surface area contributed by atoms with Gasteiger partial charge in [-0.05, 0) is 18.6 Å². The topological polar surface area (TPSA) is 98.3 Å². The van der Waals surface area contributed by atoms with Crippen molar-refractivity contribution in [3.8, 4) is 5.69 Å². The summed E-state index contributed by atoms with van der Waals surface area (Å²) in [6.07, 6.45) is 3.25. The van der Waals surface area contributed by atoms with Crippen molar-refractivity contribution in [2.75, 3.05) is 13.1 Å². The number of sulfonamides is 1. The van der Waals surface area contributed by atoms with Gasteiger partial charge in [0.1, 0.15) is 4.90 Å². The second-order valence-electron chi connectivity index (χ2n) is 5.21. The Morgan fingerprint density at radius 1 is 1.27 bits per heavy atom. The Morgan fingerprint density at radius 2 is 2.00 bits per heavy atom. The summed E-state index contributed by atoms with van der Waals surface area (Å²) in [5.41, 5.74) is 6.02. The van der Waals surface area contributed by atoms with Crippen LogP contribution < -0.4 is 5.73 Å². The van der Waals surface area contributed by atoms with Crippen LogP contribution in [-0.2, 0) is 14.8 Å². The fourth-order valence-electron chi connectivity index (χ4n) is 2.49. The van der Waals surface area contributed by atoms with E-state index in [2.05, 4.69) is 5.10 Å². The monoisotopic (exact) mass is 320 g/mol. The largest absolute Gasteiger partial charge is 0.369 e. The number of rotatable bonds is 4. The first-order valence-corrected chi connectivity index (χ1v) is 8.32. The van der Waals surface area contributed by atoms with Crippen molar-refractivity contribution < 1.29 is 13.2 Å². The number of benzene rings is 1. The summed E-state index contributed by atoms with van der Waals surface area (Å²) in [5, 5.41) is 4.10. The van der Waals surface area contributed by atoms with Gasteiger partial charge in [-0.1, -0.05) is 18.2 Å². The Balaban J connectivity index is 1.85. The van der Waals surface area contributed by atoms with Crippen LogP contribution in [0.15, 0.2) is 47.6 Å². The first kappa shape index (κ1) is 14.7. The number of nitrogens with zero attached hydrogens (tertiary/aromatic N) is 3. The minimum Gasteiger partial charge on any atom is -0.369 e. The quantitative estimate of drug-likeness (QED) is 0.880. The van der Waals surface area contributed by atoms with E-state index in [1.807, 2.05) is 30.3 Å². The van der Waals surface area contributed by atoms with E-state index in [9.17, 15) is 13.2 Å². The molecule has 1 aromatic heterocycles. The normalized spacial score (nSPS) is 19.4. The molecule has 3 rings (SSSR count). The zero-order chi connectivity index (χ0) is 15.7. The van der Waals surface area contributed by atoms with Crippen LogP contribution >= 0.6 is 0 Å². The van der Waals surface area contributed by atoms with E-state index >= 15 is 0 Å². The number of carbonyl (C=O) groups excluding carboxylic acids is 1. The highest BCUT2D eigenvalue weighted by atomic mass is 32.2. The van der Waals surface area contributed by atoms with E-state index in [0.29, 0.717) is 13.0 Å². The Morgan fingerprint density at radius 3 is 2.64 bits per heavy atom. The highest BCUT2D eigenvalue weighted by Crippen LogP contribution is 2.24. The third-order valence-corrected chi connectivity index (χ3v) is 5.59. The predicted molar refractivity (Wildman–Crippen MR) is 79.6 cm³/mol. The van der Waals surface area contributed by atoms with Gasteiger partial charge in [-0.3, -0.25) is 4.79 Å². The Labute approximate surface area is 128 Å². The molecule has 2 aromatic rings. The van der Waals surface area contributed by atoms with Gasteiger partial charge in [-0.2, -0.15) is 9.40 Å². The van der Waals surface area contributed by atoms with Crippen molar-refractivity contribution in [3.63, 3.8) is 0 Å². The maximum absolute atomic E-state index is 12.6. The van der Waals surface area contributed by atoms with Gasteiger partial charge in [0.05, 0.1) is 24.0 Å². The molecule has 7 nitrogen and oxygen atoms in total. The minimum absolute atomic E-state index is 0.112. The van der Waals surface area contributed by atoms with Crippen molar-refractivity contribution in [1.82, 2.24) is 14.1 Å². The van der Waals surface area contributed by atoms with Crippen molar-refractivity contribution in [1.29, 1.82) is 0 Å². The Hall–Kier alpha value is -2.19. The summed E-state index contributed by atoms with van der Waals surface area (Å²) in [6.45, 7) is 0.431. The summed E-state index contributed by atoms with van der Waals surface area (Å²) in [5.74, 6) is -0.878. The number of hydrogen-bond donors (Lipinski definition) is 1. The fourth-order valence-corrected chi connectivity index (χ4v) is 3.92. The van der Waals surface area contributed by atoms with Crippen LogP contribution in [0.4, 0.5) is 0 Å². The maximum Gasteiger partial charge on any atom is 0.246 e. The second kappa shape index (κ2) is 5.54. The molecule has 1 saturated heterocycles. The highest BCUT2D eigenvalue weighted by molar-refractivity contribution is 7.89. The molecule has 0 bridgehead atoms. The Kier molecular flexibility index (Phi) is 3.71. The molecule has 22 heavy (non-hydrogen) atoms. The van der Waals surface area contributed by atoms with Crippen LogP contribution in [0.5, 0.6) is 0 Å². The standard InChI is InChI=1S/C14H16N4O3S/c15-14(19)11-6-7-17(9-11)22(20,21)13-8-16-18(10-13)12-4-2-1-3-5-12/h1-5,8,10-11H,6-7,9H2,(H2,15,19)/t11-/m1/s1. The summed E-state index contributed by atoms with van der Waals surface area (Å²) in [7, 11) is -3.65. The molecule has 1 atom stereocenters. The van der Waals surface area contributed by atoms with Crippen molar-refractivity contribution >= 4 is 15.9 Å². The minimum atomic E-state index is -3.65. The lowest BCUT2D eigenvalue weighted by atomic mass is 10.1. The van der Waals surface area contributed by atoms with Gasteiger partial charge >= 0.3 is 0 Å². The Bertz CT molecular complexity index is 785. The molecule has 1 fully saturated rings. The maximum atomic E-state index is 12.6. The molecule has 1 amide bonds. The molecule has 0 radical (unpaired) electrons. The zero-order valence-electron chi connectivity index (χ0n) is 11.8. The molecule has 1 aromatic carbocycles. The number of para-hydroxylation sites is 1. The first-order chi connectivity index (χ1) is 10.5. The van der Waals surface area contributed by atoms with Gasteiger partial charge in [-0.25, -0.2) is 13.1 Å². The third-order valence-electron chi connectivity index (χ3n) is 3.77. The van der Waals surface area contributed by atoms with Crippen LogP contribution in [0.1, 0.15) is 6.42 Å². The van der Waals surface area contributed by atoms with E-state index in [0.717, 1.165) is 5.69 Å². The van der Waals surface area contributed by atoms with Crippen molar-refractivity contribution in [2.45, 2.75) is 11.3 Å². The lowest BCUT2D eigenvalue weighted by molar-refractivity contribution is -0.121. The second-order valence-corrected chi connectivity index (χ2v) is 7.15. The summed E-state index contributed by atoms with van der Waals surface area (Å²) >= 11 is 0. The van der Waals surface area contributed by atoms with E-state index < -0.39 is 21.8 Å². The van der Waals surface area contributed by atoms with Gasteiger partial charge < -0.3 is 5.73 Å². The van der Waals surface area contributed by atoms with Crippen LogP contribution in [0.2, 0.25) is 0 Å². The molecule has 116 valence electrons. The SMILES string of the molecule is NC(=O)[C@@H]1CCN(S(=O)(=O)c2cnn(-c3ccccc3)c2)C1. The third kappa shape index (κ3) is 2.62. The van der Waals surface area contributed by atoms with Crippen LogP contribution in [0.25, 0.3) is 5.69 Å². The molecule has 8 heteroatoms. The van der Waals surface area contributed by atoms with Crippen LogP contribution in [-0.4, -0.2) is 41.5 Å². The molecule has 0 aliphatic carbocycles. The van der Waals surface area contributed by atoms with Gasteiger partial charge in [0, 0.05) is 13.1 Å². The first-order valence-electron chi connectivity index (χ1n) is 6.88. The predicted octanol–water partition coefficient (Wildman–Crippen LogP) is 0.368. The molecule has 0 unspecified atom stereocenters. The number of carbonyl (C=O) groups is 1. The molecule has 2 N–H and O–H groups in total. The molecule has 2 heterocycles.